The topological polar surface area (TPSA) is 108 Å². The lowest BCUT2D eigenvalue weighted by molar-refractivity contribution is -0.130. The summed E-state index contributed by atoms with van der Waals surface area (Å²) in [7, 11) is 0. The number of nitrogens with one attached hydrogen (secondary N) is 1. The highest BCUT2D eigenvalue weighted by Gasteiger charge is 2.25. The second-order valence-electron chi connectivity index (χ2n) is 9.82. The molecule has 2 fully saturated rings. The number of rotatable bonds is 5. The smallest absolute Gasteiger partial charge is 0.274 e. The summed E-state index contributed by atoms with van der Waals surface area (Å²) < 4.78 is 0. The van der Waals surface area contributed by atoms with Crippen molar-refractivity contribution in [1.29, 1.82) is 0 Å². The number of amides is 2. The fourth-order valence-electron chi connectivity index (χ4n) is 5.23. The average molecular weight is 488 g/mol. The quantitative estimate of drug-likeness (QED) is 0.570. The van der Waals surface area contributed by atoms with E-state index in [4.69, 9.17) is 5.73 Å². The van der Waals surface area contributed by atoms with Crippen LogP contribution in [0.5, 0.6) is 0 Å². The maximum absolute atomic E-state index is 13.2. The average Bonchev–Trinajstić information content (AvgIpc) is 2.87. The van der Waals surface area contributed by atoms with Crippen molar-refractivity contribution in [2.75, 3.05) is 54.4 Å². The number of likely N-dealkylation sites (N-methyl/N-ethyl adjacent to an activating group) is 1. The number of hydrogen-bond donors (Lipinski definition) is 2. The third-order valence-electron chi connectivity index (χ3n) is 7.05. The van der Waals surface area contributed by atoms with Gasteiger partial charge in [0.1, 0.15) is 5.69 Å². The summed E-state index contributed by atoms with van der Waals surface area (Å²) in [6.07, 6.45) is 4.40. The van der Waals surface area contributed by atoms with E-state index in [1.165, 1.54) is 0 Å². The molecule has 2 amide bonds. The maximum atomic E-state index is 13.2. The van der Waals surface area contributed by atoms with Gasteiger partial charge in [-0.05, 0) is 43.5 Å². The molecular formula is C27H33N7O2. The standard InChI is InChI=1S/C27H33N7O2/c1-3-32-10-11-33(17-26(32)35)21-6-4-19-5-7-22(30-23(19)13-21)27(36)31-24-14-29-9-8-25(24)34-15-18(2)12-20(28)16-34/h4-9,13-14,18,20H,3,10-12,15-17,28H2,1-2H3,(H,31,36). The molecule has 1 aromatic carbocycles. The number of aromatic nitrogens is 2. The van der Waals surface area contributed by atoms with Gasteiger partial charge in [0.05, 0.1) is 29.6 Å². The monoisotopic (exact) mass is 487 g/mol. The molecule has 0 radical (unpaired) electrons. The third kappa shape index (κ3) is 4.97. The first-order chi connectivity index (χ1) is 17.4. The van der Waals surface area contributed by atoms with Crippen molar-refractivity contribution in [3.05, 3.63) is 54.5 Å². The van der Waals surface area contributed by atoms with Crippen LogP contribution in [0, 0.1) is 5.92 Å². The molecule has 2 atom stereocenters. The van der Waals surface area contributed by atoms with Crippen molar-refractivity contribution < 1.29 is 9.59 Å². The van der Waals surface area contributed by atoms with Crippen LogP contribution in [0.2, 0.25) is 0 Å². The summed E-state index contributed by atoms with van der Waals surface area (Å²) >= 11 is 0. The largest absolute Gasteiger partial charge is 0.368 e. The Hall–Kier alpha value is -3.72. The van der Waals surface area contributed by atoms with Crippen LogP contribution in [0.15, 0.2) is 48.8 Å². The molecule has 36 heavy (non-hydrogen) atoms. The molecule has 188 valence electrons. The van der Waals surface area contributed by atoms with Crippen LogP contribution in [0.25, 0.3) is 10.9 Å². The summed E-state index contributed by atoms with van der Waals surface area (Å²) in [5.74, 6) is 0.306. The Balaban J connectivity index is 1.36. The number of fused-ring (bicyclic) bond motifs is 1. The number of piperazine rings is 1. The number of benzene rings is 1. The van der Waals surface area contributed by atoms with E-state index in [0.717, 1.165) is 49.4 Å². The molecule has 0 bridgehead atoms. The predicted octanol–water partition coefficient (Wildman–Crippen LogP) is 2.72. The number of piperidine rings is 1. The number of carbonyl (C=O) groups is 2. The van der Waals surface area contributed by atoms with Crippen molar-refractivity contribution in [3.63, 3.8) is 0 Å². The van der Waals surface area contributed by atoms with Gasteiger partial charge >= 0.3 is 0 Å². The molecular weight excluding hydrogens is 454 g/mol. The predicted molar refractivity (Wildman–Crippen MR) is 142 cm³/mol. The van der Waals surface area contributed by atoms with E-state index in [1.54, 1.807) is 18.5 Å². The molecule has 5 rings (SSSR count). The Morgan fingerprint density at radius 2 is 1.97 bits per heavy atom. The van der Waals surface area contributed by atoms with Gasteiger partial charge in [0.15, 0.2) is 0 Å². The van der Waals surface area contributed by atoms with Gasteiger partial charge in [0, 0.05) is 56.0 Å². The van der Waals surface area contributed by atoms with Gasteiger partial charge in [-0.1, -0.05) is 19.1 Å². The van der Waals surface area contributed by atoms with Gasteiger partial charge in [0.25, 0.3) is 5.91 Å². The number of carbonyl (C=O) groups excluding carboxylic acids is 2. The van der Waals surface area contributed by atoms with Gasteiger partial charge in [-0.15, -0.1) is 0 Å². The Labute approximate surface area is 211 Å². The van der Waals surface area contributed by atoms with Gasteiger partial charge < -0.3 is 25.8 Å². The van der Waals surface area contributed by atoms with Crippen molar-refractivity contribution in [1.82, 2.24) is 14.9 Å². The lowest BCUT2D eigenvalue weighted by Gasteiger charge is -2.37. The fraction of sp³-hybridized carbons (Fsp3) is 0.407. The highest BCUT2D eigenvalue weighted by atomic mass is 16.2. The van der Waals surface area contributed by atoms with E-state index >= 15 is 0 Å². The van der Waals surface area contributed by atoms with Gasteiger partial charge in [0.2, 0.25) is 5.91 Å². The first kappa shape index (κ1) is 24.0. The van der Waals surface area contributed by atoms with Crippen LogP contribution in [-0.4, -0.2) is 72.0 Å². The zero-order valence-electron chi connectivity index (χ0n) is 20.9. The van der Waals surface area contributed by atoms with E-state index < -0.39 is 0 Å². The Morgan fingerprint density at radius 1 is 1.14 bits per heavy atom. The van der Waals surface area contributed by atoms with E-state index in [9.17, 15) is 9.59 Å². The van der Waals surface area contributed by atoms with Crippen LogP contribution in [0.4, 0.5) is 17.1 Å². The minimum atomic E-state index is -0.294. The van der Waals surface area contributed by atoms with E-state index in [-0.39, 0.29) is 17.9 Å². The summed E-state index contributed by atoms with van der Waals surface area (Å²) in [6, 6.07) is 11.6. The lowest BCUT2D eigenvalue weighted by atomic mass is 9.96. The van der Waals surface area contributed by atoms with Crippen LogP contribution in [0.3, 0.4) is 0 Å². The molecule has 3 aromatic rings. The molecule has 0 aliphatic carbocycles. The molecule has 9 nitrogen and oxygen atoms in total. The number of nitrogens with zero attached hydrogens (tertiary/aromatic N) is 5. The maximum Gasteiger partial charge on any atom is 0.274 e. The molecule has 2 aromatic heterocycles. The SMILES string of the molecule is CCN1CCN(c2ccc3ccc(C(=O)Nc4cnccc4N4CC(C)CC(N)C4)nc3c2)CC1=O. The summed E-state index contributed by atoms with van der Waals surface area (Å²) in [5.41, 5.74) is 9.79. The molecule has 2 unspecified atom stereocenters. The Kier molecular flexibility index (Phi) is 6.73. The zero-order chi connectivity index (χ0) is 25.2. The Morgan fingerprint density at radius 3 is 2.75 bits per heavy atom. The van der Waals surface area contributed by atoms with Crippen LogP contribution < -0.4 is 20.9 Å². The highest BCUT2D eigenvalue weighted by molar-refractivity contribution is 6.05. The van der Waals surface area contributed by atoms with Crippen LogP contribution >= 0.6 is 0 Å². The third-order valence-corrected chi connectivity index (χ3v) is 7.05. The zero-order valence-corrected chi connectivity index (χ0v) is 20.9. The second-order valence-corrected chi connectivity index (χ2v) is 9.82. The molecule has 0 spiro atoms. The second kappa shape index (κ2) is 10.1. The van der Waals surface area contributed by atoms with Crippen LogP contribution in [0.1, 0.15) is 30.8 Å². The van der Waals surface area contributed by atoms with Gasteiger partial charge in [-0.25, -0.2) is 4.98 Å². The lowest BCUT2D eigenvalue weighted by Crippen LogP contribution is -2.50. The number of hydrogen-bond acceptors (Lipinski definition) is 7. The summed E-state index contributed by atoms with van der Waals surface area (Å²) in [5, 5.41) is 3.94. The van der Waals surface area contributed by atoms with Gasteiger partial charge in [-0.3, -0.25) is 14.6 Å². The Bertz CT molecular complexity index is 1270. The van der Waals surface area contributed by atoms with Crippen molar-refractivity contribution >= 4 is 39.8 Å². The molecule has 2 saturated heterocycles. The molecule has 9 heteroatoms. The molecule has 0 saturated carbocycles. The number of nitrogens with two attached hydrogens (primary N) is 1. The van der Waals surface area contributed by atoms with E-state index in [0.29, 0.717) is 35.9 Å². The number of anilines is 3. The van der Waals surface area contributed by atoms with Crippen molar-refractivity contribution in [3.8, 4) is 0 Å². The summed E-state index contributed by atoms with van der Waals surface area (Å²) in [4.78, 5) is 40.6. The van der Waals surface area contributed by atoms with Crippen molar-refractivity contribution in [2.45, 2.75) is 26.3 Å². The van der Waals surface area contributed by atoms with Crippen molar-refractivity contribution in [2.24, 2.45) is 11.7 Å². The molecule has 3 N–H and O–H groups in total. The van der Waals surface area contributed by atoms with Crippen LogP contribution in [-0.2, 0) is 4.79 Å². The molecule has 2 aliphatic rings. The van der Waals surface area contributed by atoms with E-state index in [1.807, 2.05) is 42.2 Å². The first-order valence-corrected chi connectivity index (χ1v) is 12.6. The normalized spacial score (nSPS) is 20.6. The molecule has 2 aliphatic heterocycles. The number of pyridine rings is 2. The summed E-state index contributed by atoms with van der Waals surface area (Å²) in [6.45, 7) is 8.37. The molecule has 4 heterocycles. The minimum Gasteiger partial charge on any atom is -0.368 e. The van der Waals surface area contributed by atoms with Gasteiger partial charge in [-0.2, -0.15) is 0 Å². The highest BCUT2D eigenvalue weighted by Crippen LogP contribution is 2.29. The minimum absolute atomic E-state index is 0.0991. The fourth-order valence-corrected chi connectivity index (χ4v) is 5.23. The van der Waals surface area contributed by atoms with E-state index in [2.05, 4.69) is 32.0 Å². The first-order valence-electron chi connectivity index (χ1n) is 12.6.